The van der Waals surface area contributed by atoms with Crippen LogP contribution in [-0.4, -0.2) is 90.9 Å². The van der Waals surface area contributed by atoms with E-state index in [4.69, 9.17) is 4.74 Å². The van der Waals surface area contributed by atoms with Crippen molar-refractivity contribution in [1.82, 2.24) is 15.5 Å². The number of urea groups is 1. The number of nitrogens with one attached hydrogen (secondary N) is 2. The summed E-state index contributed by atoms with van der Waals surface area (Å²) < 4.78 is 19.0. The Morgan fingerprint density at radius 2 is 1.86 bits per heavy atom. The molecule has 2 saturated heterocycles. The number of benzene rings is 1. The van der Waals surface area contributed by atoms with E-state index in [1.807, 2.05) is 13.8 Å². The van der Waals surface area contributed by atoms with E-state index in [1.54, 1.807) is 12.1 Å². The van der Waals surface area contributed by atoms with Gasteiger partial charge in [-0.2, -0.15) is 0 Å². The first-order valence-electron chi connectivity index (χ1n) is 10.1. The number of halogens is 1. The monoisotopic (exact) mass is 410 g/mol. The van der Waals surface area contributed by atoms with Crippen LogP contribution < -0.4 is 15.5 Å². The van der Waals surface area contributed by atoms with Crippen LogP contribution in [0, 0.1) is 5.82 Å². The molecule has 2 aliphatic heterocycles. The Morgan fingerprint density at radius 3 is 2.45 bits per heavy atom. The number of aliphatic hydroxyl groups is 2. The lowest BCUT2D eigenvalue weighted by Crippen LogP contribution is -2.58. The summed E-state index contributed by atoms with van der Waals surface area (Å²) >= 11 is 0. The second-order valence-electron chi connectivity index (χ2n) is 7.89. The maximum atomic E-state index is 13.2. The van der Waals surface area contributed by atoms with Gasteiger partial charge in [-0.05, 0) is 38.1 Å². The molecule has 3 rings (SSSR count). The highest BCUT2D eigenvalue weighted by Crippen LogP contribution is 2.27. The molecule has 1 aromatic carbocycles. The van der Waals surface area contributed by atoms with E-state index in [9.17, 15) is 19.4 Å². The van der Waals surface area contributed by atoms with E-state index < -0.39 is 18.3 Å². The van der Waals surface area contributed by atoms with Gasteiger partial charge in [-0.1, -0.05) is 0 Å². The number of carbonyl (C=O) groups excluding carboxylic acids is 1. The molecule has 0 radical (unpaired) electrons. The van der Waals surface area contributed by atoms with Gasteiger partial charge in [-0.3, -0.25) is 4.90 Å². The van der Waals surface area contributed by atoms with Gasteiger partial charge in [0.1, 0.15) is 18.0 Å². The summed E-state index contributed by atoms with van der Waals surface area (Å²) in [5, 5.41) is 25.8. The Balaban J connectivity index is 1.60. The van der Waals surface area contributed by atoms with Gasteiger partial charge in [0.15, 0.2) is 0 Å². The lowest BCUT2D eigenvalue weighted by Gasteiger charge is -2.41. The SMILES string of the molecule is CC(C)NC(=O)NC[C@@H]1O[C@@H](CO)[C@@H](O)[C@H]1N1CCN(c2ccc(F)cc2)CC1. The highest BCUT2D eigenvalue weighted by molar-refractivity contribution is 5.74. The second-order valence-corrected chi connectivity index (χ2v) is 7.89. The summed E-state index contributed by atoms with van der Waals surface area (Å²) in [5.74, 6) is -0.259. The number of ether oxygens (including phenoxy) is 1. The molecule has 8 nitrogen and oxygen atoms in total. The van der Waals surface area contributed by atoms with Crippen molar-refractivity contribution in [1.29, 1.82) is 0 Å². The Labute approximate surface area is 170 Å². The van der Waals surface area contributed by atoms with Crippen LogP contribution in [0.3, 0.4) is 0 Å². The number of nitrogens with zero attached hydrogens (tertiary/aromatic N) is 2. The fourth-order valence-corrected chi connectivity index (χ4v) is 4.03. The van der Waals surface area contributed by atoms with E-state index in [0.717, 1.165) is 18.8 Å². The number of hydrogen-bond donors (Lipinski definition) is 4. The molecule has 0 aliphatic carbocycles. The number of carbonyl (C=O) groups is 1. The molecule has 4 N–H and O–H groups in total. The maximum absolute atomic E-state index is 13.2. The van der Waals surface area contributed by atoms with Gasteiger partial charge in [0.05, 0.1) is 18.8 Å². The first-order valence-corrected chi connectivity index (χ1v) is 10.1. The summed E-state index contributed by atoms with van der Waals surface area (Å²) in [5.41, 5.74) is 0.964. The third-order valence-corrected chi connectivity index (χ3v) is 5.45. The standard InChI is InChI=1S/C20H31FN4O4/c1-13(2)23-20(28)22-11-16-18(19(27)17(12-26)29-16)25-9-7-24(8-10-25)15-5-3-14(21)4-6-15/h3-6,13,16-19,26-27H,7-12H2,1-2H3,(H2,22,23,28)/t16-,17-,18-,19+/m0/s1. The quantitative estimate of drug-likeness (QED) is 0.533. The van der Waals surface area contributed by atoms with Crippen LogP contribution >= 0.6 is 0 Å². The van der Waals surface area contributed by atoms with Crippen molar-refractivity contribution in [3.05, 3.63) is 30.1 Å². The van der Waals surface area contributed by atoms with E-state index >= 15 is 0 Å². The smallest absolute Gasteiger partial charge is 0.315 e. The Kier molecular flexibility index (Phi) is 7.28. The zero-order chi connectivity index (χ0) is 21.0. The molecule has 162 valence electrons. The molecule has 2 aliphatic rings. The summed E-state index contributed by atoms with van der Waals surface area (Å²) in [4.78, 5) is 16.2. The Bertz CT molecular complexity index is 667. The van der Waals surface area contributed by atoms with Gasteiger partial charge in [-0.25, -0.2) is 9.18 Å². The highest BCUT2D eigenvalue weighted by Gasteiger charge is 2.46. The minimum Gasteiger partial charge on any atom is -0.394 e. The Hall–Kier alpha value is -1.94. The van der Waals surface area contributed by atoms with Crippen LogP contribution in [0.2, 0.25) is 0 Å². The van der Waals surface area contributed by atoms with Crippen LogP contribution in [0.5, 0.6) is 0 Å². The molecule has 2 fully saturated rings. The third kappa shape index (κ3) is 5.36. The molecular formula is C20H31FN4O4. The molecule has 1 aromatic rings. The van der Waals surface area contributed by atoms with Gasteiger partial charge < -0.3 is 30.5 Å². The average Bonchev–Trinajstić information content (AvgIpc) is 3.02. The number of anilines is 1. The number of aliphatic hydroxyl groups excluding tert-OH is 2. The highest BCUT2D eigenvalue weighted by atomic mass is 19.1. The average molecular weight is 410 g/mol. The molecule has 4 atom stereocenters. The summed E-state index contributed by atoms with van der Waals surface area (Å²) in [7, 11) is 0. The zero-order valence-corrected chi connectivity index (χ0v) is 16.9. The number of rotatable bonds is 6. The van der Waals surface area contributed by atoms with Crippen molar-refractivity contribution in [2.24, 2.45) is 0 Å². The normalized spacial score (nSPS) is 28.0. The van der Waals surface area contributed by atoms with Gasteiger partial charge in [0.2, 0.25) is 0 Å². The molecule has 0 saturated carbocycles. The number of hydrogen-bond acceptors (Lipinski definition) is 6. The topological polar surface area (TPSA) is 97.3 Å². The molecule has 0 bridgehead atoms. The van der Waals surface area contributed by atoms with Crippen molar-refractivity contribution in [3.63, 3.8) is 0 Å². The fraction of sp³-hybridized carbons (Fsp3) is 0.650. The predicted octanol–water partition coefficient (Wildman–Crippen LogP) is 0.145. The zero-order valence-electron chi connectivity index (χ0n) is 16.9. The van der Waals surface area contributed by atoms with Crippen molar-refractivity contribution in [2.45, 2.75) is 44.2 Å². The summed E-state index contributed by atoms with van der Waals surface area (Å²) in [6, 6.07) is 5.84. The van der Waals surface area contributed by atoms with Crippen molar-refractivity contribution >= 4 is 11.7 Å². The summed E-state index contributed by atoms with van der Waals surface area (Å²) in [6.45, 7) is 6.56. The van der Waals surface area contributed by atoms with Crippen molar-refractivity contribution in [2.75, 3.05) is 44.2 Å². The van der Waals surface area contributed by atoms with E-state index in [-0.39, 0.29) is 37.1 Å². The minimum absolute atomic E-state index is 0.0191. The molecule has 2 heterocycles. The predicted molar refractivity (Wildman–Crippen MR) is 107 cm³/mol. The van der Waals surface area contributed by atoms with Crippen LogP contribution in [0.25, 0.3) is 0 Å². The van der Waals surface area contributed by atoms with E-state index in [0.29, 0.717) is 13.1 Å². The molecule has 0 spiro atoms. The van der Waals surface area contributed by atoms with Crippen LogP contribution in [0.15, 0.2) is 24.3 Å². The van der Waals surface area contributed by atoms with Gasteiger partial charge in [0, 0.05) is 44.5 Å². The van der Waals surface area contributed by atoms with Crippen molar-refractivity contribution < 1.29 is 24.1 Å². The van der Waals surface area contributed by atoms with Gasteiger partial charge in [-0.15, -0.1) is 0 Å². The Morgan fingerprint density at radius 1 is 1.21 bits per heavy atom. The van der Waals surface area contributed by atoms with E-state index in [1.165, 1.54) is 12.1 Å². The first kappa shape index (κ1) is 21.8. The van der Waals surface area contributed by atoms with Crippen molar-refractivity contribution in [3.8, 4) is 0 Å². The summed E-state index contributed by atoms with van der Waals surface area (Å²) in [6.07, 6.45) is -1.93. The minimum atomic E-state index is -0.836. The molecule has 9 heteroatoms. The van der Waals surface area contributed by atoms with Crippen LogP contribution in [0.1, 0.15) is 13.8 Å². The largest absolute Gasteiger partial charge is 0.394 e. The molecule has 0 unspecified atom stereocenters. The molecule has 0 aromatic heterocycles. The lowest BCUT2D eigenvalue weighted by molar-refractivity contribution is -0.0206. The van der Waals surface area contributed by atoms with Gasteiger partial charge >= 0.3 is 6.03 Å². The third-order valence-electron chi connectivity index (χ3n) is 5.45. The number of piperazine rings is 1. The van der Waals surface area contributed by atoms with Gasteiger partial charge in [0.25, 0.3) is 0 Å². The van der Waals surface area contributed by atoms with Crippen LogP contribution in [-0.2, 0) is 4.74 Å². The number of amides is 2. The second kappa shape index (κ2) is 9.71. The fourth-order valence-electron chi connectivity index (χ4n) is 4.03. The molecule has 2 amide bonds. The van der Waals surface area contributed by atoms with Crippen LogP contribution in [0.4, 0.5) is 14.9 Å². The molecule has 29 heavy (non-hydrogen) atoms. The lowest BCUT2D eigenvalue weighted by atomic mass is 10.0. The van der Waals surface area contributed by atoms with E-state index in [2.05, 4.69) is 20.4 Å². The maximum Gasteiger partial charge on any atom is 0.315 e. The first-order chi connectivity index (χ1) is 13.9. The molecular weight excluding hydrogens is 379 g/mol.